The van der Waals surface area contributed by atoms with Gasteiger partial charge in [-0.05, 0) is 25.4 Å². The Morgan fingerprint density at radius 1 is 1.16 bits per heavy atom. The Balaban J connectivity index is 2.30. The standard InChI is InChI=1S/C16H22N2O/c1-3-18(12-14(19)11-17-2)16-10-6-8-13-7-4-5-9-15(13)16/h4-10,14,17,19H,3,11-12H2,1-2H3. The van der Waals surface area contributed by atoms with Crippen molar-refractivity contribution in [3.63, 3.8) is 0 Å². The largest absolute Gasteiger partial charge is 0.390 e. The first kappa shape index (κ1) is 13.8. The number of nitrogens with one attached hydrogen (secondary N) is 1. The first-order valence-corrected chi connectivity index (χ1v) is 6.81. The summed E-state index contributed by atoms with van der Waals surface area (Å²) in [4.78, 5) is 2.23. The Morgan fingerprint density at radius 3 is 2.63 bits per heavy atom. The van der Waals surface area contributed by atoms with E-state index in [2.05, 4.69) is 59.6 Å². The number of rotatable bonds is 6. The molecule has 1 atom stereocenters. The summed E-state index contributed by atoms with van der Waals surface area (Å²) >= 11 is 0. The highest BCUT2D eigenvalue weighted by Crippen LogP contribution is 2.26. The number of fused-ring (bicyclic) bond motifs is 1. The van der Waals surface area contributed by atoms with Crippen molar-refractivity contribution in [3.05, 3.63) is 42.5 Å². The summed E-state index contributed by atoms with van der Waals surface area (Å²) in [7, 11) is 1.86. The molecule has 0 saturated heterocycles. The number of anilines is 1. The molecular weight excluding hydrogens is 236 g/mol. The summed E-state index contributed by atoms with van der Waals surface area (Å²) in [6.45, 7) is 4.26. The van der Waals surface area contributed by atoms with E-state index in [1.54, 1.807) is 0 Å². The Bertz CT molecular complexity index is 522. The third kappa shape index (κ3) is 3.25. The fourth-order valence-corrected chi connectivity index (χ4v) is 2.44. The molecule has 0 aliphatic rings. The summed E-state index contributed by atoms with van der Waals surface area (Å²) in [5.41, 5.74) is 1.19. The van der Waals surface area contributed by atoms with E-state index < -0.39 is 0 Å². The highest BCUT2D eigenvalue weighted by molar-refractivity contribution is 5.94. The molecule has 0 aromatic heterocycles. The maximum atomic E-state index is 9.98. The lowest BCUT2D eigenvalue weighted by Crippen LogP contribution is -2.37. The zero-order valence-corrected chi connectivity index (χ0v) is 11.6. The molecule has 2 aromatic rings. The summed E-state index contributed by atoms with van der Waals surface area (Å²) in [5, 5.41) is 15.5. The molecule has 0 aliphatic carbocycles. The molecule has 0 heterocycles. The van der Waals surface area contributed by atoms with Gasteiger partial charge in [0.25, 0.3) is 0 Å². The summed E-state index contributed by atoms with van der Waals surface area (Å²) in [6, 6.07) is 14.7. The minimum atomic E-state index is -0.357. The minimum absolute atomic E-state index is 0.357. The van der Waals surface area contributed by atoms with E-state index in [0.717, 1.165) is 6.54 Å². The Labute approximate surface area is 114 Å². The van der Waals surface area contributed by atoms with Crippen molar-refractivity contribution in [2.45, 2.75) is 13.0 Å². The number of aliphatic hydroxyl groups is 1. The lowest BCUT2D eigenvalue weighted by Gasteiger charge is -2.27. The zero-order chi connectivity index (χ0) is 13.7. The van der Waals surface area contributed by atoms with Crippen LogP contribution in [0.3, 0.4) is 0 Å². The van der Waals surface area contributed by atoms with E-state index in [1.165, 1.54) is 16.5 Å². The lowest BCUT2D eigenvalue weighted by atomic mass is 10.1. The molecule has 0 saturated carbocycles. The van der Waals surface area contributed by atoms with Gasteiger partial charge in [0, 0.05) is 30.7 Å². The second-order valence-corrected chi connectivity index (χ2v) is 4.75. The van der Waals surface area contributed by atoms with Crippen LogP contribution in [0, 0.1) is 0 Å². The third-order valence-electron chi connectivity index (χ3n) is 3.36. The van der Waals surface area contributed by atoms with Crippen LogP contribution >= 0.6 is 0 Å². The maximum Gasteiger partial charge on any atom is 0.0839 e. The minimum Gasteiger partial charge on any atom is -0.390 e. The fourth-order valence-electron chi connectivity index (χ4n) is 2.44. The van der Waals surface area contributed by atoms with Crippen LogP contribution < -0.4 is 10.2 Å². The molecule has 3 heteroatoms. The van der Waals surface area contributed by atoms with Crippen molar-refractivity contribution in [3.8, 4) is 0 Å². The number of likely N-dealkylation sites (N-methyl/N-ethyl adjacent to an activating group) is 2. The summed E-state index contributed by atoms with van der Waals surface area (Å²) < 4.78 is 0. The van der Waals surface area contributed by atoms with E-state index in [0.29, 0.717) is 13.1 Å². The van der Waals surface area contributed by atoms with Gasteiger partial charge in [0.05, 0.1) is 6.10 Å². The van der Waals surface area contributed by atoms with Crippen LogP contribution in [0.25, 0.3) is 10.8 Å². The highest BCUT2D eigenvalue weighted by atomic mass is 16.3. The van der Waals surface area contributed by atoms with Crippen LogP contribution in [-0.4, -0.2) is 37.9 Å². The number of aliphatic hydroxyl groups excluding tert-OH is 1. The average molecular weight is 258 g/mol. The molecule has 102 valence electrons. The van der Waals surface area contributed by atoms with E-state index in [9.17, 15) is 5.11 Å². The smallest absolute Gasteiger partial charge is 0.0839 e. The maximum absolute atomic E-state index is 9.98. The average Bonchev–Trinajstić information content (AvgIpc) is 2.44. The fraction of sp³-hybridized carbons (Fsp3) is 0.375. The monoisotopic (exact) mass is 258 g/mol. The molecule has 0 radical (unpaired) electrons. The van der Waals surface area contributed by atoms with Gasteiger partial charge in [0.15, 0.2) is 0 Å². The van der Waals surface area contributed by atoms with Crippen molar-refractivity contribution >= 4 is 16.5 Å². The SMILES string of the molecule is CCN(CC(O)CNC)c1cccc2ccccc12. The highest BCUT2D eigenvalue weighted by Gasteiger charge is 2.12. The number of benzene rings is 2. The van der Waals surface area contributed by atoms with Gasteiger partial charge in [-0.25, -0.2) is 0 Å². The van der Waals surface area contributed by atoms with E-state index >= 15 is 0 Å². The molecule has 2 aromatic carbocycles. The van der Waals surface area contributed by atoms with Gasteiger partial charge < -0.3 is 15.3 Å². The number of nitrogens with zero attached hydrogens (tertiary/aromatic N) is 1. The first-order valence-electron chi connectivity index (χ1n) is 6.81. The molecule has 3 nitrogen and oxygen atoms in total. The van der Waals surface area contributed by atoms with Gasteiger partial charge in [-0.15, -0.1) is 0 Å². The van der Waals surface area contributed by atoms with Crippen molar-refractivity contribution in [2.75, 3.05) is 31.6 Å². The second-order valence-electron chi connectivity index (χ2n) is 4.75. The van der Waals surface area contributed by atoms with Crippen LogP contribution in [0.5, 0.6) is 0 Å². The van der Waals surface area contributed by atoms with Crippen LogP contribution in [-0.2, 0) is 0 Å². The third-order valence-corrected chi connectivity index (χ3v) is 3.36. The molecule has 0 aliphatic heterocycles. The predicted octanol–water partition coefficient (Wildman–Crippen LogP) is 2.25. The van der Waals surface area contributed by atoms with Gasteiger partial charge in [-0.3, -0.25) is 0 Å². The molecular formula is C16H22N2O. The van der Waals surface area contributed by atoms with E-state index in [-0.39, 0.29) is 6.10 Å². The van der Waals surface area contributed by atoms with Crippen LogP contribution in [0.4, 0.5) is 5.69 Å². The quantitative estimate of drug-likeness (QED) is 0.834. The first-order chi connectivity index (χ1) is 9.26. The van der Waals surface area contributed by atoms with Gasteiger partial charge in [0.1, 0.15) is 0 Å². The van der Waals surface area contributed by atoms with Gasteiger partial charge >= 0.3 is 0 Å². The van der Waals surface area contributed by atoms with Crippen molar-refractivity contribution in [2.24, 2.45) is 0 Å². The van der Waals surface area contributed by atoms with Gasteiger partial charge in [-0.2, -0.15) is 0 Å². The summed E-state index contributed by atoms with van der Waals surface area (Å²) in [6.07, 6.45) is -0.357. The molecule has 2 N–H and O–H groups in total. The topological polar surface area (TPSA) is 35.5 Å². The zero-order valence-electron chi connectivity index (χ0n) is 11.6. The van der Waals surface area contributed by atoms with Crippen LogP contribution in [0.2, 0.25) is 0 Å². The molecule has 19 heavy (non-hydrogen) atoms. The molecule has 0 amide bonds. The number of hydrogen-bond donors (Lipinski definition) is 2. The Morgan fingerprint density at radius 2 is 1.89 bits per heavy atom. The van der Waals surface area contributed by atoms with Crippen molar-refractivity contribution < 1.29 is 5.11 Å². The lowest BCUT2D eigenvalue weighted by molar-refractivity contribution is 0.180. The van der Waals surface area contributed by atoms with E-state index in [1.807, 2.05) is 7.05 Å². The van der Waals surface area contributed by atoms with Crippen molar-refractivity contribution in [1.82, 2.24) is 5.32 Å². The molecule has 0 bridgehead atoms. The second kappa shape index (κ2) is 6.55. The predicted molar refractivity (Wildman–Crippen MR) is 81.8 cm³/mol. The Kier molecular flexibility index (Phi) is 4.77. The summed E-state index contributed by atoms with van der Waals surface area (Å²) in [5.74, 6) is 0. The number of hydrogen-bond acceptors (Lipinski definition) is 3. The molecule has 0 fully saturated rings. The molecule has 1 unspecified atom stereocenters. The van der Waals surface area contributed by atoms with Crippen molar-refractivity contribution in [1.29, 1.82) is 0 Å². The Hall–Kier alpha value is -1.58. The van der Waals surface area contributed by atoms with Gasteiger partial charge in [-0.1, -0.05) is 36.4 Å². The molecule has 2 rings (SSSR count). The van der Waals surface area contributed by atoms with Crippen LogP contribution in [0.15, 0.2) is 42.5 Å². The van der Waals surface area contributed by atoms with Crippen LogP contribution in [0.1, 0.15) is 6.92 Å². The van der Waals surface area contributed by atoms with Gasteiger partial charge in [0.2, 0.25) is 0 Å². The van der Waals surface area contributed by atoms with E-state index in [4.69, 9.17) is 0 Å². The normalized spacial score (nSPS) is 12.6. The molecule has 0 spiro atoms.